The number of hydrogen-bond donors (Lipinski definition) is 3. The fourth-order valence-corrected chi connectivity index (χ4v) is 3.67. The smallest absolute Gasteiger partial charge is 0.216 e. The number of ether oxygens (including phenoxy) is 1. The topological polar surface area (TPSA) is 104 Å². The molecule has 3 aromatic rings. The number of aromatic nitrogens is 1. The summed E-state index contributed by atoms with van der Waals surface area (Å²) in [6.07, 6.45) is 6.27. The number of aliphatic hydroxyl groups is 1. The van der Waals surface area contributed by atoms with Crippen molar-refractivity contribution in [3.63, 3.8) is 0 Å². The molecule has 0 aliphatic heterocycles. The van der Waals surface area contributed by atoms with Gasteiger partial charge in [0.05, 0.1) is 0 Å². The van der Waals surface area contributed by atoms with Crippen LogP contribution in [0.25, 0.3) is 0 Å². The van der Waals surface area contributed by atoms with Gasteiger partial charge in [-0.25, -0.2) is 4.39 Å². The Labute approximate surface area is 237 Å². The van der Waals surface area contributed by atoms with E-state index in [1.165, 1.54) is 19.1 Å². The zero-order valence-corrected chi connectivity index (χ0v) is 24.0. The van der Waals surface area contributed by atoms with Gasteiger partial charge >= 0.3 is 0 Å². The van der Waals surface area contributed by atoms with E-state index >= 15 is 0 Å². The van der Waals surface area contributed by atoms with Crippen LogP contribution in [0, 0.1) is 12.7 Å². The molecule has 0 radical (unpaired) electrons. The summed E-state index contributed by atoms with van der Waals surface area (Å²) >= 11 is 0. The lowest BCUT2D eigenvalue weighted by molar-refractivity contribution is -0.119. The molecule has 3 N–H and O–H groups in total. The van der Waals surface area contributed by atoms with Gasteiger partial charge in [0.25, 0.3) is 0 Å². The van der Waals surface area contributed by atoms with Crippen LogP contribution in [-0.4, -0.2) is 60.6 Å². The van der Waals surface area contributed by atoms with Crippen molar-refractivity contribution in [3.8, 4) is 5.75 Å². The van der Waals surface area contributed by atoms with Crippen molar-refractivity contribution in [1.82, 2.24) is 20.5 Å². The molecule has 0 saturated carbocycles. The van der Waals surface area contributed by atoms with Crippen LogP contribution in [0.4, 0.5) is 4.39 Å². The normalized spacial score (nSPS) is 9.85. The maximum absolute atomic E-state index is 13.2. The lowest BCUT2D eigenvalue weighted by Crippen LogP contribution is -2.32. The summed E-state index contributed by atoms with van der Waals surface area (Å²) in [5.74, 6) is 0.293. The Morgan fingerprint density at radius 3 is 2.48 bits per heavy atom. The summed E-state index contributed by atoms with van der Waals surface area (Å²) in [7, 11) is 1.00. The average molecular weight is 555 g/mol. The second-order valence-corrected chi connectivity index (χ2v) is 8.90. The molecular formula is C31H43FN4O4. The van der Waals surface area contributed by atoms with Crippen LogP contribution in [-0.2, 0) is 29.2 Å². The quantitative estimate of drug-likeness (QED) is 0.205. The number of aryl methyl sites for hydroxylation is 2. The van der Waals surface area contributed by atoms with Crippen LogP contribution in [0.5, 0.6) is 5.75 Å². The second kappa shape index (κ2) is 21.1. The van der Waals surface area contributed by atoms with Crippen molar-refractivity contribution in [2.24, 2.45) is 0 Å². The van der Waals surface area contributed by atoms with E-state index in [9.17, 15) is 14.0 Å². The third kappa shape index (κ3) is 14.9. The van der Waals surface area contributed by atoms with Gasteiger partial charge in [-0.05, 0) is 66.8 Å². The fourth-order valence-electron chi connectivity index (χ4n) is 3.67. The van der Waals surface area contributed by atoms with Crippen molar-refractivity contribution in [2.45, 2.75) is 46.8 Å². The monoisotopic (exact) mass is 554 g/mol. The standard InChI is InChI=1S/C15H16FNO.C15H23N3O2.CH4O/c1-3-12-9-17-5-4-13(12)10-18-15-7-11(2)6-14(16)8-15;1-14(20)17-9-5-8-16-10-11-18(13-19)12-15-6-3-2-4-7-15;1-2/h4-9H,3,10H2,1-2H3;2-4,6-7,13,16H,5,8-12H2,1H3,(H,17,20);2H,1H3. The van der Waals surface area contributed by atoms with Gasteiger partial charge in [0.15, 0.2) is 0 Å². The van der Waals surface area contributed by atoms with E-state index in [0.29, 0.717) is 32.0 Å². The fraction of sp³-hybridized carbons (Fsp3) is 0.387. The summed E-state index contributed by atoms with van der Waals surface area (Å²) in [5.41, 5.74) is 4.24. The number of carbonyl (C=O) groups excluding carboxylic acids is 2. The number of benzene rings is 2. The highest BCUT2D eigenvalue weighted by atomic mass is 19.1. The first-order valence-corrected chi connectivity index (χ1v) is 13.4. The molecule has 0 unspecified atom stereocenters. The summed E-state index contributed by atoms with van der Waals surface area (Å²) in [6, 6.07) is 16.6. The van der Waals surface area contributed by atoms with E-state index in [1.54, 1.807) is 11.1 Å². The molecule has 2 amide bonds. The highest BCUT2D eigenvalue weighted by molar-refractivity contribution is 5.72. The Hall–Kier alpha value is -3.82. The number of aliphatic hydroxyl groups excluding tert-OH is 1. The number of amides is 2. The summed E-state index contributed by atoms with van der Waals surface area (Å²) in [6.45, 7) is 9.46. The Morgan fingerprint density at radius 1 is 1.07 bits per heavy atom. The molecule has 218 valence electrons. The minimum Gasteiger partial charge on any atom is -0.489 e. The van der Waals surface area contributed by atoms with Gasteiger partial charge in [0, 0.05) is 58.7 Å². The Kier molecular flexibility index (Phi) is 18.0. The number of rotatable bonds is 14. The van der Waals surface area contributed by atoms with Crippen LogP contribution < -0.4 is 15.4 Å². The van der Waals surface area contributed by atoms with Crippen molar-refractivity contribution in [3.05, 3.63) is 95.1 Å². The lowest BCUT2D eigenvalue weighted by Gasteiger charge is -2.17. The predicted octanol–water partition coefficient (Wildman–Crippen LogP) is 4.04. The third-order valence-electron chi connectivity index (χ3n) is 5.65. The van der Waals surface area contributed by atoms with Crippen LogP contribution >= 0.6 is 0 Å². The number of hydrogen-bond acceptors (Lipinski definition) is 6. The van der Waals surface area contributed by atoms with Crippen molar-refractivity contribution in [2.75, 3.05) is 33.3 Å². The van der Waals surface area contributed by atoms with Gasteiger partial charge in [-0.15, -0.1) is 0 Å². The molecule has 2 aromatic carbocycles. The minimum absolute atomic E-state index is 0.00000821. The van der Waals surface area contributed by atoms with Gasteiger partial charge in [0.2, 0.25) is 12.3 Å². The molecular weight excluding hydrogens is 511 g/mol. The lowest BCUT2D eigenvalue weighted by atomic mass is 10.1. The van der Waals surface area contributed by atoms with Gasteiger partial charge in [0.1, 0.15) is 18.2 Å². The Morgan fingerprint density at radius 2 is 1.82 bits per heavy atom. The molecule has 0 aliphatic carbocycles. The van der Waals surface area contributed by atoms with E-state index in [2.05, 4.69) is 22.5 Å². The minimum atomic E-state index is -0.268. The molecule has 0 aliphatic rings. The zero-order valence-electron chi connectivity index (χ0n) is 24.0. The first-order chi connectivity index (χ1) is 19.4. The molecule has 0 atom stereocenters. The first kappa shape index (κ1) is 34.2. The van der Waals surface area contributed by atoms with Crippen LogP contribution in [0.15, 0.2) is 67.0 Å². The molecule has 0 bridgehead atoms. The molecule has 8 nitrogen and oxygen atoms in total. The molecule has 0 spiro atoms. The largest absolute Gasteiger partial charge is 0.489 e. The number of carbonyl (C=O) groups is 2. The molecule has 40 heavy (non-hydrogen) atoms. The van der Waals surface area contributed by atoms with Crippen molar-refractivity contribution < 1.29 is 23.8 Å². The highest BCUT2D eigenvalue weighted by Crippen LogP contribution is 2.18. The first-order valence-electron chi connectivity index (χ1n) is 13.4. The maximum Gasteiger partial charge on any atom is 0.216 e. The van der Waals surface area contributed by atoms with E-state index in [1.807, 2.05) is 55.6 Å². The van der Waals surface area contributed by atoms with E-state index < -0.39 is 0 Å². The SMILES string of the molecule is CC(=O)NCCCNCCN(C=O)Cc1ccccc1.CCc1cnccc1COc1cc(C)cc(F)c1.CO. The molecule has 0 saturated heterocycles. The highest BCUT2D eigenvalue weighted by Gasteiger charge is 2.04. The van der Waals surface area contributed by atoms with Crippen LogP contribution in [0.3, 0.4) is 0 Å². The molecule has 1 heterocycles. The zero-order chi connectivity index (χ0) is 29.6. The van der Waals surface area contributed by atoms with Gasteiger partial charge in [-0.1, -0.05) is 37.3 Å². The van der Waals surface area contributed by atoms with Gasteiger partial charge in [-0.2, -0.15) is 0 Å². The van der Waals surface area contributed by atoms with Crippen molar-refractivity contribution >= 4 is 12.3 Å². The van der Waals surface area contributed by atoms with E-state index in [-0.39, 0.29) is 11.7 Å². The summed E-state index contributed by atoms with van der Waals surface area (Å²) < 4.78 is 18.8. The van der Waals surface area contributed by atoms with Crippen LogP contribution in [0.1, 0.15) is 42.5 Å². The number of halogens is 1. The number of pyridine rings is 1. The molecule has 9 heteroatoms. The Bertz CT molecular complexity index is 1100. The second-order valence-electron chi connectivity index (χ2n) is 8.90. The molecule has 1 aromatic heterocycles. The average Bonchev–Trinajstić information content (AvgIpc) is 2.96. The van der Waals surface area contributed by atoms with Gasteiger partial charge in [-0.3, -0.25) is 14.6 Å². The number of nitrogens with zero attached hydrogens (tertiary/aromatic N) is 2. The predicted molar refractivity (Wildman–Crippen MR) is 156 cm³/mol. The Balaban J connectivity index is 0.000000378. The summed E-state index contributed by atoms with van der Waals surface area (Å²) in [5, 5.41) is 13.0. The maximum atomic E-state index is 13.2. The van der Waals surface area contributed by atoms with Gasteiger partial charge < -0.3 is 25.4 Å². The van der Waals surface area contributed by atoms with E-state index in [0.717, 1.165) is 61.7 Å². The number of nitrogens with one attached hydrogen (secondary N) is 2. The van der Waals surface area contributed by atoms with E-state index in [4.69, 9.17) is 9.84 Å². The summed E-state index contributed by atoms with van der Waals surface area (Å²) in [4.78, 5) is 27.5. The molecule has 3 rings (SSSR count). The molecule has 0 fully saturated rings. The van der Waals surface area contributed by atoms with Crippen molar-refractivity contribution in [1.29, 1.82) is 0 Å². The third-order valence-corrected chi connectivity index (χ3v) is 5.65. The van der Waals surface area contributed by atoms with Crippen LogP contribution in [0.2, 0.25) is 0 Å².